The predicted molar refractivity (Wildman–Crippen MR) is 141 cm³/mol. The van der Waals surface area contributed by atoms with Gasteiger partial charge in [0, 0.05) is 36.0 Å². The Morgan fingerprint density at radius 3 is 2.39 bits per heavy atom. The molecular weight excluding hydrogens is 495 g/mol. The summed E-state index contributed by atoms with van der Waals surface area (Å²) < 4.78 is 54.5. The molecule has 1 fully saturated rings. The molecule has 1 aromatic heterocycles. The van der Waals surface area contributed by atoms with E-state index in [1.165, 1.54) is 26.4 Å². The first-order chi connectivity index (χ1) is 18.2. The van der Waals surface area contributed by atoms with Crippen LogP contribution in [0.5, 0.6) is 11.5 Å². The number of ether oxygens (including phenoxy) is 2. The average molecular weight is 528 g/mol. The molecule has 6 nitrogen and oxygen atoms in total. The Morgan fingerprint density at radius 1 is 1.03 bits per heavy atom. The molecular formula is C29H32F3N3O3. The molecule has 9 heteroatoms. The number of hydrogen-bond donors (Lipinski definition) is 0. The smallest absolute Gasteiger partial charge is 0.418 e. The number of fused-ring (bicyclic) bond motifs is 1. The van der Waals surface area contributed by atoms with E-state index >= 15 is 0 Å². The van der Waals surface area contributed by atoms with Crippen LogP contribution in [0.1, 0.15) is 49.3 Å². The molecule has 2 aliphatic rings. The van der Waals surface area contributed by atoms with Crippen molar-refractivity contribution in [1.82, 2.24) is 9.78 Å². The summed E-state index contributed by atoms with van der Waals surface area (Å²) >= 11 is 0. The van der Waals surface area contributed by atoms with Crippen LogP contribution in [0.3, 0.4) is 0 Å². The second-order valence-corrected chi connectivity index (χ2v) is 10.1. The highest BCUT2D eigenvalue weighted by Crippen LogP contribution is 2.38. The van der Waals surface area contributed by atoms with E-state index in [4.69, 9.17) is 9.47 Å². The lowest BCUT2D eigenvalue weighted by molar-refractivity contribution is -0.137. The third kappa shape index (κ3) is 4.86. The van der Waals surface area contributed by atoms with Crippen LogP contribution >= 0.6 is 0 Å². The van der Waals surface area contributed by atoms with Crippen LogP contribution in [0.25, 0.3) is 16.9 Å². The molecule has 2 heterocycles. The summed E-state index contributed by atoms with van der Waals surface area (Å²) in [6.45, 7) is 3.71. The quantitative estimate of drug-likeness (QED) is 0.374. The maximum atomic E-state index is 14.2. The fraction of sp³-hybridized carbons (Fsp3) is 0.448. The highest BCUT2D eigenvalue weighted by Gasteiger charge is 2.36. The van der Waals surface area contributed by atoms with E-state index < -0.39 is 17.3 Å². The van der Waals surface area contributed by atoms with Gasteiger partial charge in [0.2, 0.25) is 0 Å². The summed E-state index contributed by atoms with van der Waals surface area (Å²) in [4.78, 5) is 15.7. The van der Waals surface area contributed by atoms with Crippen LogP contribution < -0.4 is 19.9 Å². The molecule has 1 aliphatic carbocycles. The molecule has 38 heavy (non-hydrogen) atoms. The van der Waals surface area contributed by atoms with Crippen molar-refractivity contribution < 1.29 is 22.6 Å². The van der Waals surface area contributed by atoms with Gasteiger partial charge < -0.3 is 14.4 Å². The van der Waals surface area contributed by atoms with Crippen molar-refractivity contribution in [1.29, 1.82) is 0 Å². The Morgan fingerprint density at radius 2 is 1.74 bits per heavy atom. The van der Waals surface area contributed by atoms with Gasteiger partial charge in [-0.1, -0.05) is 13.3 Å². The van der Waals surface area contributed by atoms with Gasteiger partial charge >= 0.3 is 6.18 Å². The van der Waals surface area contributed by atoms with E-state index in [0.29, 0.717) is 52.8 Å². The van der Waals surface area contributed by atoms with Crippen molar-refractivity contribution in [3.05, 3.63) is 63.4 Å². The van der Waals surface area contributed by atoms with Gasteiger partial charge in [0.1, 0.15) is 11.5 Å². The molecule has 2 aromatic carbocycles. The van der Waals surface area contributed by atoms with Crippen molar-refractivity contribution in [2.24, 2.45) is 5.92 Å². The van der Waals surface area contributed by atoms with Crippen LogP contribution in [0.4, 0.5) is 18.9 Å². The van der Waals surface area contributed by atoms with Gasteiger partial charge in [-0.05, 0) is 73.9 Å². The number of aromatic nitrogens is 2. The van der Waals surface area contributed by atoms with Crippen molar-refractivity contribution in [2.75, 3.05) is 32.2 Å². The van der Waals surface area contributed by atoms with E-state index in [1.54, 1.807) is 18.2 Å². The number of benzene rings is 2. The van der Waals surface area contributed by atoms with E-state index in [2.05, 4.69) is 16.9 Å². The lowest BCUT2D eigenvalue weighted by Crippen LogP contribution is -2.29. The van der Waals surface area contributed by atoms with E-state index in [-0.39, 0.29) is 5.69 Å². The molecule has 0 bridgehead atoms. The Hall–Kier alpha value is -3.49. The van der Waals surface area contributed by atoms with Crippen LogP contribution in [-0.2, 0) is 19.0 Å². The van der Waals surface area contributed by atoms with Crippen LogP contribution in [0, 0.1) is 5.92 Å². The lowest BCUT2D eigenvalue weighted by Gasteiger charge is -2.22. The summed E-state index contributed by atoms with van der Waals surface area (Å²) in [6, 6.07) is 9.30. The molecule has 0 radical (unpaired) electrons. The standard InChI is InChI=1S/C29H32F3N3O3/c1-4-6-18-11-12-34(17-18)20-9-10-25(29(30,31)32)26(15-20)35-28(36)24-8-5-7-23(24)27(33-35)19-13-21(37-2)16-22(14-19)38-3/h9-10,13-16,18H,4-8,11-12,17H2,1-3H3/t18-/m1/s1. The highest BCUT2D eigenvalue weighted by atomic mass is 19.4. The summed E-state index contributed by atoms with van der Waals surface area (Å²) in [6.07, 6.45) is 0.379. The molecule has 0 saturated carbocycles. The van der Waals surface area contributed by atoms with Gasteiger partial charge in [-0.3, -0.25) is 4.79 Å². The Balaban J connectivity index is 1.70. The maximum Gasteiger partial charge on any atom is 0.418 e. The fourth-order valence-electron chi connectivity index (χ4n) is 5.76. The average Bonchev–Trinajstić information content (AvgIpc) is 3.58. The number of halogens is 3. The van der Waals surface area contributed by atoms with Gasteiger partial charge in [0.05, 0.1) is 31.2 Å². The largest absolute Gasteiger partial charge is 0.497 e. The third-order valence-electron chi connectivity index (χ3n) is 7.64. The Bertz CT molecular complexity index is 1380. The number of alkyl halides is 3. The summed E-state index contributed by atoms with van der Waals surface area (Å²) in [5, 5.41) is 4.60. The predicted octanol–water partition coefficient (Wildman–Crippen LogP) is 6.05. The number of methoxy groups -OCH3 is 2. The fourth-order valence-corrected chi connectivity index (χ4v) is 5.76. The highest BCUT2D eigenvalue weighted by molar-refractivity contribution is 5.69. The van der Waals surface area contributed by atoms with E-state index in [1.807, 2.05) is 0 Å². The molecule has 0 N–H and O–H groups in total. The lowest BCUT2D eigenvalue weighted by atomic mass is 10.0. The molecule has 3 aromatic rings. The topological polar surface area (TPSA) is 56.6 Å². The maximum absolute atomic E-state index is 14.2. The van der Waals surface area contributed by atoms with Crippen molar-refractivity contribution >= 4 is 5.69 Å². The molecule has 1 atom stereocenters. The minimum Gasteiger partial charge on any atom is -0.497 e. The molecule has 1 saturated heterocycles. The van der Waals surface area contributed by atoms with Crippen LogP contribution in [0.2, 0.25) is 0 Å². The Labute approximate surface area is 220 Å². The number of rotatable bonds is 7. The minimum atomic E-state index is -4.65. The van der Waals surface area contributed by atoms with Gasteiger partial charge in [-0.15, -0.1) is 0 Å². The number of nitrogens with zero attached hydrogens (tertiary/aromatic N) is 3. The van der Waals surface area contributed by atoms with Crippen LogP contribution in [0.15, 0.2) is 41.2 Å². The van der Waals surface area contributed by atoms with Gasteiger partial charge in [-0.25, -0.2) is 0 Å². The number of hydrogen-bond acceptors (Lipinski definition) is 5. The molecule has 0 amide bonds. The van der Waals surface area contributed by atoms with Crippen molar-refractivity contribution in [3.63, 3.8) is 0 Å². The zero-order chi connectivity index (χ0) is 27.0. The van der Waals surface area contributed by atoms with E-state index in [0.717, 1.165) is 55.1 Å². The Kier molecular flexibility index (Phi) is 7.11. The molecule has 5 rings (SSSR count). The second kappa shape index (κ2) is 10.3. The SMILES string of the molecule is CCC[C@@H]1CCN(c2ccc(C(F)(F)F)c(-n3nc(-c4cc(OC)cc(OC)c4)c4c(c3=O)CCC4)c2)C1. The summed E-state index contributed by atoms with van der Waals surface area (Å²) in [7, 11) is 3.06. The summed E-state index contributed by atoms with van der Waals surface area (Å²) in [5.74, 6) is 1.57. The second-order valence-electron chi connectivity index (χ2n) is 10.1. The van der Waals surface area contributed by atoms with Gasteiger partial charge in [-0.2, -0.15) is 23.0 Å². The monoisotopic (exact) mass is 527 g/mol. The normalized spacial score (nSPS) is 17.1. The third-order valence-corrected chi connectivity index (χ3v) is 7.64. The molecule has 202 valence electrons. The zero-order valence-corrected chi connectivity index (χ0v) is 21.9. The van der Waals surface area contributed by atoms with Crippen molar-refractivity contribution in [2.45, 2.75) is 51.6 Å². The first kappa shape index (κ1) is 26.1. The summed E-state index contributed by atoms with van der Waals surface area (Å²) in [5.41, 5.74) is 1.43. The zero-order valence-electron chi connectivity index (χ0n) is 21.9. The molecule has 0 unspecified atom stereocenters. The molecule has 1 aliphatic heterocycles. The first-order valence-electron chi connectivity index (χ1n) is 13.1. The van der Waals surface area contributed by atoms with Gasteiger partial charge in [0.15, 0.2) is 0 Å². The first-order valence-corrected chi connectivity index (χ1v) is 13.1. The van der Waals surface area contributed by atoms with Crippen molar-refractivity contribution in [3.8, 4) is 28.4 Å². The van der Waals surface area contributed by atoms with Crippen LogP contribution in [-0.4, -0.2) is 37.1 Å². The minimum absolute atomic E-state index is 0.246. The molecule has 0 spiro atoms. The van der Waals surface area contributed by atoms with Gasteiger partial charge in [0.25, 0.3) is 5.56 Å². The number of anilines is 1. The van der Waals surface area contributed by atoms with E-state index in [9.17, 15) is 18.0 Å².